The monoisotopic (exact) mass is 965 g/mol. The van der Waals surface area contributed by atoms with Crippen LogP contribution in [-0.4, -0.2) is 135 Å². The van der Waals surface area contributed by atoms with Crippen molar-refractivity contribution >= 4 is 67.3 Å². The minimum Gasteiger partial charge on any atom is -0.497 e. The lowest BCUT2D eigenvalue weighted by molar-refractivity contribution is -0.145. The minimum absolute atomic E-state index is 0.0144. The van der Waals surface area contributed by atoms with E-state index in [9.17, 15) is 37.5 Å². The number of benzene rings is 1. The molecule has 1 aromatic carbocycles. The molecule has 7 rings (SSSR count). The van der Waals surface area contributed by atoms with Crippen molar-refractivity contribution < 1.29 is 47.0 Å². The first kappa shape index (κ1) is 49.4. The molecule has 6 atom stereocenters. The number of carboxylic acid groups (broad SMARTS) is 1. The molecule has 364 valence electrons. The van der Waals surface area contributed by atoms with Crippen molar-refractivity contribution in [1.82, 2.24) is 39.4 Å². The third-order valence-corrected chi connectivity index (χ3v) is 15.6. The maximum atomic E-state index is 15.0. The average Bonchev–Trinajstić information content (AvgIpc) is 3.52. The van der Waals surface area contributed by atoms with Gasteiger partial charge in [-0.1, -0.05) is 45.8 Å². The second kappa shape index (κ2) is 19.6. The van der Waals surface area contributed by atoms with Gasteiger partial charge in [0.05, 0.1) is 31.4 Å². The zero-order valence-electron chi connectivity index (χ0n) is 39.3. The summed E-state index contributed by atoms with van der Waals surface area (Å²) in [5.74, 6) is -2.71. The summed E-state index contributed by atoms with van der Waals surface area (Å²) in [6.07, 6.45) is 5.89. The molecule has 0 spiro atoms. The number of aromatic nitrogens is 2. The van der Waals surface area contributed by atoms with Crippen LogP contribution in [0.1, 0.15) is 93.4 Å². The van der Waals surface area contributed by atoms with Crippen molar-refractivity contribution in [2.45, 2.75) is 135 Å². The third-order valence-electron chi connectivity index (χ3n) is 12.7. The van der Waals surface area contributed by atoms with E-state index < -0.39 is 81.0 Å². The number of hydrogen-bond donors (Lipinski definition) is 5. The van der Waals surface area contributed by atoms with Gasteiger partial charge in [-0.05, 0) is 70.9 Å². The van der Waals surface area contributed by atoms with E-state index in [-0.39, 0.29) is 51.0 Å². The molecule has 3 aromatic rings. The van der Waals surface area contributed by atoms with Crippen molar-refractivity contribution in [2.24, 2.45) is 11.3 Å². The highest BCUT2D eigenvalue weighted by molar-refractivity contribution is 7.87. The lowest BCUT2D eigenvalue weighted by atomic mass is 9.86. The first-order valence-corrected chi connectivity index (χ1v) is 25.2. The van der Waals surface area contributed by atoms with E-state index in [1.54, 1.807) is 59.9 Å². The maximum absolute atomic E-state index is 15.0. The summed E-state index contributed by atoms with van der Waals surface area (Å²) in [4.78, 5) is 81.2. The molecule has 0 radical (unpaired) electrons. The van der Waals surface area contributed by atoms with Crippen LogP contribution in [0.3, 0.4) is 0 Å². The number of allylic oxidation sites excluding steroid dienone is 1. The van der Waals surface area contributed by atoms with Crippen LogP contribution in [-0.2, 0) is 29.4 Å². The number of fused-ring (bicyclic) bond motifs is 3. The molecule has 2 saturated heterocycles. The lowest BCUT2D eigenvalue weighted by Gasteiger charge is -2.34. The van der Waals surface area contributed by atoms with Gasteiger partial charge in [0.25, 0.3) is 5.91 Å². The second-order valence-corrected chi connectivity index (χ2v) is 22.1. The molecule has 4 aliphatic rings. The first-order chi connectivity index (χ1) is 31.6. The fourth-order valence-electron chi connectivity index (χ4n) is 8.98. The van der Waals surface area contributed by atoms with Gasteiger partial charge in [0.1, 0.15) is 47.0 Å². The molecule has 19 nitrogen and oxygen atoms in total. The molecule has 1 aliphatic carbocycles. The normalized spacial score (nSPS) is 25.6. The van der Waals surface area contributed by atoms with E-state index in [1.165, 1.54) is 20.5 Å². The van der Waals surface area contributed by atoms with Crippen molar-refractivity contribution in [3.63, 3.8) is 0 Å². The largest absolute Gasteiger partial charge is 0.497 e. The molecule has 3 fully saturated rings. The van der Waals surface area contributed by atoms with Crippen molar-refractivity contribution in [3.8, 4) is 22.9 Å². The first-order valence-electron chi connectivity index (χ1n) is 22.9. The van der Waals surface area contributed by atoms with Gasteiger partial charge in [0.2, 0.25) is 11.8 Å². The number of carbonyl (C=O) groups is 5. The molecule has 5 amide bonds. The number of rotatable bonds is 11. The summed E-state index contributed by atoms with van der Waals surface area (Å²) in [5.41, 5.74) is -0.825. The standard InChI is InChI=1S/C46H63N9O10S2/c1-26(2)47-44-50-35(25-66-44)34-22-37(31-17-16-29(64-8)20-33(31)48-34)65-30-21-36-39(56)52-46(42(59)60)23-28(46)14-12-10-9-11-13-15-32(40(57)53(36)24-30)49-43(61)51-38(45(5,6)7)41(58)55-19-18-54(27(3)4)67(55,62)63/h12,14,16-17,20,22,25-28,30,32,36,38H,9-11,13,15,18-19,21,23-24H2,1-8H3,(H,47,50)(H,52,56)(H,59,60)(H2,49,51,61)/b14-12-/t28?,30-,32-,36+,38-,46-/m1/s1. The number of nitrogens with zero attached hydrogens (tertiary/aromatic N) is 5. The van der Waals surface area contributed by atoms with E-state index in [1.807, 2.05) is 37.4 Å². The molecule has 67 heavy (non-hydrogen) atoms. The number of pyridine rings is 1. The van der Waals surface area contributed by atoms with Crippen LogP contribution in [0.4, 0.5) is 9.93 Å². The SMILES string of the molecule is COc1ccc2c(O[C@@H]3C[C@H]4C(=O)N[C@]5(C(=O)O)CC5/C=C\CCCCC[C@@H](NC(=O)N[C@H](C(=O)N5CCN(C(C)C)S5(=O)=O)C(C)(C)C)C(=O)N4C3)cc(-c3csc(NC(C)C)n3)nc2c1. The Kier molecular flexibility index (Phi) is 14.4. The Bertz CT molecular complexity index is 2520. The molecule has 1 saturated carbocycles. The van der Waals surface area contributed by atoms with Crippen LogP contribution in [0.25, 0.3) is 22.3 Å². The Morgan fingerprint density at radius 2 is 1.79 bits per heavy atom. The predicted molar refractivity (Wildman–Crippen MR) is 253 cm³/mol. The van der Waals surface area contributed by atoms with Crippen molar-refractivity contribution in [1.29, 1.82) is 0 Å². The predicted octanol–water partition coefficient (Wildman–Crippen LogP) is 4.90. The van der Waals surface area contributed by atoms with E-state index in [0.717, 1.165) is 10.7 Å². The summed E-state index contributed by atoms with van der Waals surface area (Å²) in [6, 6.07) is 2.32. The molecule has 2 aromatic heterocycles. The van der Waals surface area contributed by atoms with Gasteiger partial charge in [-0.15, -0.1) is 11.3 Å². The van der Waals surface area contributed by atoms with Gasteiger partial charge in [-0.2, -0.15) is 12.7 Å². The smallest absolute Gasteiger partial charge is 0.330 e. The van der Waals surface area contributed by atoms with Crippen LogP contribution in [0.5, 0.6) is 11.5 Å². The van der Waals surface area contributed by atoms with Crippen LogP contribution < -0.4 is 30.7 Å². The van der Waals surface area contributed by atoms with E-state index in [0.29, 0.717) is 58.2 Å². The Morgan fingerprint density at radius 3 is 2.46 bits per heavy atom. The molecular formula is C46H63N9O10S2. The lowest BCUT2D eigenvalue weighted by Crippen LogP contribution is -2.60. The highest BCUT2D eigenvalue weighted by atomic mass is 32.2. The number of amides is 5. The quantitative estimate of drug-likeness (QED) is 0.161. The van der Waals surface area contributed by atoms with E-state index in [4.69, 9.17) is 19.4 Å². The van der Waals surface area contributed by atoms with Crippen molar-refractivity contribution in [2.75, 3.05) is 32.1 Å². The van der Waals surface area contributed by atoms with Crippen LogP contribution >= 0.6 is 11.3 Å². The summed E-state index contributed by atoms with van der Waals surface area (Å²) >= 11 is 1.43. The molecule has 21 heteroatoms. The number of ether oxygens (including phenoxy) is 2. The molecular weight excluding hydrogens is 903 g/mol. The van der Waals surface area contributed by atoms with Crippen LogP contribution in [0.15, 0.2) is 41.8 Å². The number of carbonyl (C=O) groups excluding carboxylic acids is 4. The Balaban J connectivity index is 1.20. The molecule has 3 aliphatic heterocycles. The fourth-order valence-corrected chi connectivity index (χ4v) is 11.6. The summed E-state index contributed by atoms with van der Waals surface area (Å²) in [7, 11) is -2.59. The van der Waals surface area contributed by atoms with Gasteiger partial charge in [-0.25, -0.2) is 23.9 Å². The fraction of sp³-hybridized carbons (Fsp3) is 0.587. The van der Waals surface area contributed by atoms with Gasteiger partial charge in [-0.3, -0.25) is 14.4 Å². The molecule has 0 bridgehead atoms. The van der Waals surface area contributed by atoms with Gasteiger partial charge in [0, 0.05) is 53.9 Å². The number of aliphatic carboxylic acids is 1. The van der Waals surface area contributed by atoms with E-state index in [2.05, 4.69) is 21.3 Å². The number of urea groups is 1. The van der Waals surface area contributed by atoms with Gasteiger partial charge in [0.15, 0.2) is 5.13 Å². The number of thiazole rings is 1. The summed E-state index contributed by atoms with van der Waals surface area (Å²) in [6.45, 7) is 12.5. The summed E-state index contributed by atoms with van der Waals surface area (Å²) in [5, 5.41) is 25.2. The Labute approximate surface area is 395 Å². The second-order valence-electron chi connectivity index (χ2n) is 19.4. The number of anilines is 1. The van der Waals surface area contributed by atoms with E-state index >= 15 is 0 Å². The number of hydrogen-bond acceptors (Lipinski definition) is 13. The molecule has 5 heterocycles. The highest BCUT2D eigenvalue weighted by Crippen LogP contribution is 2.46. The van der Waals surface area contributed by atoms with Crippen LogP contribution in [0.2, 0.25) is 0 Å². The number of carboxylic acids is 1. The number of nitrogens with one attached hydrogen (secondary N) is 4. The zero-order chi connectivity index (χ0) is 48.6. The molecule has 5 N–H and O–H groups in total. The van der Waals surface area contributed by atoms with Crippen LogP contribution in [0, 0.1) is 11.3 Å². The Hall–Kier alpha value is -5.54. The average molecular weight is 966 g/mol. The number of methoxy groups -OCH3 is 1. The Morgan fingerprint density at radius 1 is 1.03 bits per heavy atom. The van der Waals surface area contributed by atoms with Crippen molar-refractivity contribution in [3.05, 3.63) is 41.8 Å². The topological polar surface area (TPSA) is 242 Å². The molecule has 1 unspecified atom stereocenters. The summed E-state index contributed by atoms with van der Waals surface area (Å²) < 4.78 is 41.1. The third kappa shape index (κ3) is 10.6. The maximum Gasteiger partial charge on any atom is 0.330 e. The zero-order valence-corrected chi connectivity index (χ0v) is 41.0. The highest BCUT2D eigenvalue weighted by Gasteiger charge is 2.61. The van der Waals surface area contributed by atoms with Gasteiger partial charge >= 0.3 is 22.2 Å². The minimum atomic E-state index is -4.14. The van der Waals surface area contributed by atoms with Gasteiger partial charge < -0.3 is 40.7 Å².